The minimum atomic E-state index is -0.513. The van der Waals surface area contributed by atoms with Gasteiger partial charge in [0, 0.05) is 22.8 Å². The third-order valence-electron chi connectivity index (χ3n) is 2.59. The maximum Gasteiger partial charge on any atom is 0.339 e. The van der Waals surface area contributed by atoms with Gasteiger partial charge in [-0.1, -0.05) is 11.6 Å². The molecule has 0 atom stereocenters. The number of hydrazone groups is 1. The van der Waals surface area contributed by atoms with Gasteiger partial charge in [-0.15, -0.1) is 0 Å². The van der Waals surface area contributed by atoms with Crippen molar-refractivity contribution in [2.75, 3.05) is 5.32 Å². The summed E-state index contributed by atoms with van der Waals surface area (Å²) in [5.41, 5.74) is 3.47. The van der Waals surface area contributed by atoms with E-state index in [9.17, 15) is 14.9 Å². The lowest BCUT2D eigenvalue weighted by Gasteiger charge is -2.03. The first-order chi connectivity index (χ1) is 10.5. The van der Waals surface area contributed by atoms with Gasteiger partial charge in [-0.05, 0) is 42.0 Å². The molecule has 0 fully saturated rings. The van der Waals surface area contributed by atoms with Gasteiger partial charge in [0.25, 0.3) is 5.69 Å². The van der Waals surface area contributed by atoms with Crippen molar-refractivity contribution < 1.29 is 9.72 Å². The molecule has 0 bridgehead atoms. The normalized spacial score (nSPS) is 10.4. The van der Waals surface area contributed by atoms with Crippen LogP contribution in [0.5, 0.6) is 0 Å². The second-order valence-corrected chi connectivity index (χ2v) is 4.62. The molecule has 2 aromatic carbocycles. The summed E-state index contributed by atoms with van der Waals surface area (Å²) in [4.78, 5) is 21.6. The summed E-state index contributed by atoms with van der Waals surface area (Å²) in [5.74, 6) is 0. The van der Waals surface area contributed by atoms with Gasteiger partial charge >= 0.3 is 6.03 Å². The lowest BCUT2D eigenvalue weighted by molar-refractivity contribution is -0.384. The molecule has 22 heavy (non-hydrogen) atoms. The fourth-order valence-corrected chi connectivity index (χ4v) is 1.67. The highest BCUT2D eigenvalue weighted by atomic mass is 35.5. The maximum absolute atomic E-state index is 11.6. The molecule has 112 valence electrons. The molecule has 2 aromatic rings. The number of nitrogens with one attached hydrogen (secondary N) is 2. The van der Waals surface area contributed by atoms with E-state index in [1.807, 2.05) is 0 Å². The second kappa shape index (κ2) is 7.19. The highest BCUT2D eigenvalue weighted by molar-refractivity contribution is 6.30. The van der Waals surface area contributed by atoms with E-state index in [1.54, 1.807) is 24.3 Å². The smallest absolute Gasteiger partial charge is 0.307 e. The predicted octanol–water partition coefficient (Wildman–Crippen LogP) is 3.40. The molecule has 8 heteroatoms. The zero-order chi connectivity index (χ0) is 15.9. The first-order valence-corrected chi connectivity index (χ1v) is 6.52. The van der Waals surface area contributed by atoms with Crippen LogP contribution in [0.4, 0.5) is 16.2 Å². The Balaban J connectivity index is 1.87. The Hall–Kier alpha value is -2.93. The molecule has 2 amide bonds. The van der Waals surface area contributed by atoms with Crippen molar-refractivity contribution in [2.45, 2.75) is 0 Å². The minimum Gasteiger partial charge on any atom is -0.307 e. The van der Waals surface area contributed by atoms with Crippen LogP contribution in [0.2, 0.25) is 5.02 Å². The van der Waals surface area contributed by atoms with E-state index in [0.717, 1.165) is 0 Å². The Kier molecular flexibility index (Phi) is 5.05. The van der Waals surface area contributed by atoms with Gasteiger partial charge in [0.15, 0.2) is 0 Å². The Morgan fingerprint density at radius 3 is 2.36 bits per heavy atom. The number of nitro groups is 1. The van der Waals surface area contributed by atoms with Gasteiger partial charge in [-0.3, -0.25) is 10.1 Å². The van der Waals surface area contributed by atoms with Crippen molar-refractivity contribution >= 4 is 35.2 Å². The lowest BCUT2D eigenvalue weighted by Crippen LogP contribution is -2.24. The summed E-state index contributed by atoms with van der Waals surface area (Å²) in [7, 11) is 0. The number of anilines is 1. The SMILES string of the molecule is O=C(N/N=C/c1ccc([N+](=O)[O-])cc1)Nc1ccc(Cl)cc1. The van der Waals surface area contributed by atoms with Crippen LogP contribution in [-0.4, -0.2) is 17.2 Å². The molecule has 0 aliphatic heterocycles. The molecule has 2 rings (SSSR count). The number of rotatable bonds is 4. The summed E-state index contributed by atoms with van der Waals surface area (Å²) < 4.78 is 0. The van der Waals surface area contributed by atoms with Crippen molar-refractivity contribution in [2.24, 2.45) is 5.10 Å². The maximum atomic E-state index is 11.6. The number of nitro benzene ring substituents is 1. The van der Waals surface area contributed by atoms with E-state index >= 15 is 0 Å². The van der Waals surface area contributed by atoms with E-state index in [4.69, 9.17) is 11.6 Å². The summed E-state index contributed by atoms with van der Waals surface area (Å²) in [6.45, 7) is 0. The molecule has 0 radical (unpaired) electrons. The van der Waals surface area contributed by atoms with Crippen molar-refractivity contribution in [1.82, 2.24) is 5.43 Å². The fourth-order valence-electron chi connectivity index (χ4n) is 1.54. The van der Waals surface area contributed by atoms with Gasteiger partial charge in [0.05, 0.1) is 11.1 Å². The zero-order valence-electron chi connectivity index (χ0n) is 11.2. The van der Waals surface area contributed by atoms with Crippen molar-refractivity contribution in [3.8, 4) is 0 Å². The number of hydrogen-bond donors (Lipinski definition) is 2. The average Bonchev–Trinajstić information content (AvgIpc) is 2.50. The van der Waals surface area contributed by atoms with Crippen LogP contribution >= 0.6 is 11.6 Å². The minimum absolute atomic E-state index is 0.00871. The highest BCUT2D eigenvalue weighted by Crippen LogP contribution is 2.13. The average molecular weight is 319 g/mol. The predicted molar refractivity (Wildman–Crippen MR) is 84.3 cm³/mol. The van der Waals surface area contributed by atoms with E-state index < -0.39 is 11.0 Å². The molecule has 0 aliphatic rings. The Morgan fingerprint density at radius 1 is 1.14 bits per heavy atom. The van der Waals surface area contributed by atoms with Gasteiger partial charge in [-0.25, -0.2) is 10.2 Å². The fraction of sp³-hybridized carbons (Fsp3) is 0. The summed E-state index contributed by atoms with van der Waals surface area (Å²) in [5, 5.41) is 17.4. The van der Waals surface area contributed by atoms with Crippen molar-refractivity contribution in [3.05, 3.63) is 69.2 Å². The van der Waals surface area contributed by atoms with Crippen molar-refractivity contribution in [1.29, 1.82) is 0 Å². The number of non-ortho nitro benzene ring substituents is 1. The summed E-state index contributed by atoms with van der Waals surface area (Å²) in [6.07, 6.45) is 1.38. The van der Waals surface area contributed by atoms with Crippen LogP contribution in [0.15, 0.2) is 53.6 Å². The monoisotopic (exact) mass is 318 g/mol. The lowest BCUT2D eigenvalue weighted by atomic mass is 10.2. The van der Waals surface area contributed by atoms with Gasteiger partial charge in [0.1, 0.15) is 0 Å². The number of hydrogen-bond acceptors (Lipinski definition) is 4. The number of halogens is 1. The van der Waals surface area contributed by atoms with Gasteiger partial charge < -0.3 is 5.32 Å². The number of urea groups is 1. The Labute approximate surface area is 130 Å². The number of carbonyl (C=O) groups is 1. The number of benzene rings is 2. The molecular weight excluding hydrogens is 308 g/mol. The largest absolute Gasteiger partial charge is 0.339 e. The van der Waals surface area contributed by atoms with Crippen molar-refractivity contribution in [3.63, 3.8) is 0 Å². The van der Waals surface area contributed by atoms with Gasteiger partial charge in [-0.2, -0.15) is 5.10 Å². The third-order valence-corrected chi connectivity index (χ3v) is 2.84. The zero-order valence-corrected chi connectivity index (χ0v) is 11.9. The first kappa shape index (κ1) is 15.5. The molecule has 0 spiro atoms. The van der Waals surface area contributed by atoms with Crippen LogP contribution < -0.4 is 10.7 Å². The van der Waals surface area contributed by atoms with E-state index in [-0.39, 0.29) is 5.69 Å². The van der Waals surface area contributed by atoms with E-state index in [1.165, 1.54) is 30.5 Å². The molecule has 0 aliphatic carbocycles. The van der Waals surface area contributed by atoms with Crippen LogP contribution in [0.3, 0.4) is 0 Å². The van der Waals surface area contributed by atoms with Gasteiger partial charge in [0.2, 0.25) is 0 Å². The molecule has 0 unspecified atom stereocenters. The van der Waals surface area contributed by atoms with Crippen LogP contribution in [0.1, 0.15) is 5.56 Å². The van der Waals surface area contributed by atoms with Crippen LogP contribution in [0.25, 0.3) is 0 Å². The Morgan fingerprint density at radius 2 is 1.77 bits per heavy atom. The molecule has 0 aromatic heterocycles. The first-order valence-electron chi connectivity index (χ1n) is 6.15. The quantitative estimate of drug-likeness (QED) is 0.513. The number of amides is 2. The molecule has 7 nitrogen and oxygen atoms in total. The van der Waals surface area contributed by atoms with E-state index in [0.29, 0.717) is 16.3 Å². The Bertz CT molecular complexity index is 699. The molecule has 2 N–H and O–H groups in total. The highest BCUT2D eigenvalue weighted by Gasteiger charge is 2.03. The van der Waals surface area contributed by atoms with Crippen LogP contribution in [0, 0.1) is 10.1 Å². The molecule has 0 heterocycles. The second-order valence-electron chi connectivity index (χ2n) is 4.18. The number of nitrogens with zero attached hydrogens (tertiary/aromatic N) is 2. The van der Waals surface area contributed by atoms with Crippen LogP contribution in [-0.2, 0) is 0 Å². The van der Waals surface area contributed by atoms with E-state index in [2.05, 4.69) is 15.8 Å². The topological polar surface area (TPSA) is 96.6 Å². The standard InChI is InChI=1S/C14H11ClN4O3/c15-11-3-5-12(6-4-11)17-14(20)18-16-9-10-1-7-13(8-2-10)19(21)22/h1-9H,(H2,17,18,20)/b16-9+. The summed E-state index contributed by atoms with van der Waals surface area (Å²) >= 11 is 5.74. The molecule has 0 saturated heterocycles. The number of carbonyl (C=O) groups excluding carboxylic acids is 1. The molecular formula is C14H11ClN4O3. The third kappa shape index (κ3) is 4.57. The summed E-state index contributed by atoms with van der Waals surface area (Å²) in [6, 6.07) is 11.9. The molecule has 0 saturated carbocycles.